The van der Waals surface area contributed by atoms with Gasteiger partial charge in [-0.25, -0.2) is 8.42 Å². The van der Waals surface area contributed by atoms with E-state index in [0.29, 0.717) is 6.42 Å². The van der Waals surface area contributed by atoms with E-state index in [4.69, 9.17) is 16.3 Å². The van der Waals surface area contributed by atoms with Crippen molar-refractivity contribution < 1.29 is 22.7 Å². The van der Waals surface area contributed by atoms with Crippen molar-refractivity contribution in [1.29, 1.82) is 0 Å². The highest BCUT2D eigenvalue weighted by Gasteiger charge is 2.36. The van der Waals surface area contributed by atoms with Crippen LogP contribution in [-0.4, -0.2) is 50.9 Å². The van der Waals surface area contributed by atoms with Crippen LogP contribution in [0, 0.1) is 0 Å². The van der Waals surface area contributed by atoms with E-state index in [9.17, 15) is 18.0 Å². The standard InChI is InChI=1S/C35H37BrClN3O5S/c1-4-25(2)38-35(42)32(21-26-12-7-5-8-13-26)39(23-27-14-11-15-28(36)20-27)34(41)24-40(31-22-29(37)18-19-33(31)45-3)46(43,44)30-16-9-6-10-17-30/h5-20,22,25,32H,4,21,23-24H2,1-3H3,(H,38,42)/t25-,32-/m1/s1. The van der Waals surface area contributed by atoms with Crippen molar-refractivity contribution in [3.63, 3.8) is 0 Å². The fraction of sp³-hybridized carbons (Fsp3) is 0.257. The van der Waals surface area contributed by atoms with Crippen LogP contribution in [0.15, 0.2) is 112 Å². The van der Waals surface area contributed by atoms with E-state index in [1.54, 1.807) is 30.3 Å². The molecule has 1 N–H and O–H groups in total. The molecule has 0 heterocycles. The first-order chi connectivity index (χ1) is 22.0. The predicted molar refractivity (Wildman–Crippen MR) is 185 cm³/mol. The largest absolute Gasteiger partial charge is 0.495 e. The number of anilines is 1. The van der Waals surface area contributed by atoms with Crippen LogP contribution in [0.1, 0.15) is 31.4 Å². The first kappa shape index (κ1) is 35.0. The third kappa shape index (κ3) is 8.90. The number of carbonyl (C=O) groups is 2. The minimum Gasteiger partial charge on any atom is -0.495 e. The van der Waals surface area contributed by atoms with Gasteiger partial charge < -0.3 is 15.0 Å². The van der Waals surface area contributed by atoms with Crippen molar-refractivity contribution in [3.05, 3.63) is 124 Å². The van der Waals surface area contributed by atoms with Crippen LogP contribution >= 0.6 is 27.5 Å². The Bertz CT molecular complexity index is 1740. The maximum absolute atomic E-state index is 14.6. The first-order valence-electron chi connectivity index (χ1n) is 14.8. The second-order valence-corrected chi connectivity index (χ2v) is 14.0. The average molecular weight is 727 g/mol. The van der Waals surface area contributed by atoms with Crippen LogP contribution in [0.2, 0.25) is 5.02 Å². The molecule has 0 bridgehead atoms. The van der Waals surface area contributed by atoms with Crippen molar-refractivity contribution in [3.8, 4) is 5.75 Å². The molecule has 242 valence electrons. The van der Waals surface area contributed by atoms with Crippen molar-refractivity contribution in [1.82, 2.24) is 10.2 Å². The highest BCUT2D eigenvalue weighted by Crippen LogP contribution is 2.35. The Balaban J connectivity index is 1.85. The molecule has 0 saturated heterocycles. The third-order valence-electron chi connectivity index (χ3n) is 7.53. The quantitative estimate of drug-likeness (QED) is 0.153. The van der Waals surface area contributed by atoms with E-state index in [-0.39, 0.29) is 46.3 Å². The van der Waals surface area contributed by atoms with Gasteiger partial charge in [0.15, 0.2) is 0 Å². The first-order valence-corrected chi connectivity index (χ1v) is 17.4. The number of hydrogen-bond donors (Lipinski definition) is 1. The van der Waals surface area contributed by atoms with Crippen molar-refractivity contribution >= 4 is 55.1 Å². The van der Waals surface area contributed by atoms with Crippen molar-refractivity contribution in [2.45, 2.75) is 50.2 Å². The summed E-state index contributed by atoms with van der Waals surface area (Å²) >= 11 is 9.85. The summed E-state index contributed by atoms with van der Waals surface area (Å²) in [6.45, 7) is 3.29. The molecule has 0 fully saturated rings. The number of amides is 2. The zero-order valence-corrected chi connectivity index (χ0v) is 29.1. The number of ether oxygens (including phenoxy) is 1. The molecule has 46 heavy (non-hydrogen) atoms. The Morgan fingerprint density at radius 2 is 1.57 bits per heavy atom. The number of rotatable bonds is 14. The number of nitrogens with one attached hydrogen (secondary N) is 1. The van der Waals surface area contributed by atoms with E-state index in [1.165, 1.54) is 30.2 Å². The van der Waals surface area contributed by atoms with Gasteiger partial charge in [0.2, 0.25) is 11.8 Å². The molecule has 2 atom stereocenters. The summed E-state index contributed by atoms with van der Waals surface area (Å²) in [6, 6.07) is 28.2. The van der Waals surface area contributed by atoms with Gasteiger partial charge in [-0.15, -0.1) is 0 Å². The lowest BCUT2D eigenvalue weighted by atomic mass is 10.0. The van der Waals surface area contributed by atoms with E-state index in [0.717, 1.165) is 19.9 Å². The lowest BCUT2D eigenvalue weighted by Gasteiger charge is -2.34. The van der Waals surface area contributed by atoms with Gasteiger partial charge in [0.25, 0.3) is 10.0 Å². The third-order valence-corrected chi connectivity index (χ3v) is 10.0. The average Bonchev–Trinajstić information content (AvgIpc) is 3.05. The maximum atomic E-state index is 14.6. The molecular formula is C35H37BrClN3O5S. The molecule has 0 saturated carbocycles. The van der Waals surface area contributed by atoms with Crippen LogP contribution < -0.4 is 14.4 Å². The van der Waals surface area contributed by atoms with Gasteiger partial charge in [0, 0.05) is 28.5 Å². The van der Waals surface area contributed by atoms with Gasteiger partial charge in [-0.05, 0) is 66.9 Å². The van der Waals surface area contributed by atoms with Crippen LogP contribution in [0.5, 0.6) is 5.75 Å². The zero-order valence-electron chi connectivity index (χ0n) is 25.9. The van der Waals surface area contributed by atoms with Crippen LogP contribution in [0.3, 0.4) is 0 Å². The van der Waals surface area contributed by atoms with Gasteiger partial charge >= 0.3 is 0 Å². The molecule has 2 amide bonds. The summed E-state index contributed by atoms with van der Waals surface area (Å²) in [5, 5.41) is 3.30. The molecule has 8 nitrogen and oxygen atoms in total. The number of nitrogens with zero attached hydrogens (tertiary/aromatic N) is 2. The number of benzene rings is 4. The summed E-state index contributed by atoms with van der Waals surface area (Å²) < 4.78 is 35.8. The molecule has 0 aliphatic heterocycles. The van der Waals surface area contributed by atoms with Crippen LogP contribution in [0.4, 0.5) is 5.69 Å². The Labute approximate surface area is 284 Å². The van der Waals surface area contributed by atoms with Gasteiger partial charge in [-0.1, -0.05) is 95.1 Å². The molecule has 0 aliphatic rings. The van der Waals surface area contributed by atoms with Gasteiger partial charge in [-0.2, -0.15) is 0 Å². The highest BCUT2D eigenvalue weighted by atomic mass is 79.9. The predicted octanol–water partition coefficient (Wildman–Crippen LogP) is 6.86. The number of carbonyl (C=O) groups excluding carboxylic acids is 2. The number of methoxy groups -OCH3 is 1. The van der Waals surface area contributed by atoms with Crippen molar-refractivity contribution in [2.75, 3.05) is 18.0 Å². The zero-order chi connectivity index (χ0) is 33.3. The second kappa shape index (κ2) is 16.1. The Kier molecular flexibility index (Phi) is 12.3. The van der Waals surface area contributed by atoms with Gasteiger partial charge in [0.05, 0.1) is 17.7 Å². The highest BCUT2D eigenvalue weighted by molar-refractivity contribution is 9.10. The lowest BCUT2D eigenvalue weighted by molar-refractivity contribution is -0.140. The Morgan fingerprint density at radius 1 is 0.913 bits per heavy atom. The molecule has 0 aromatic heterocycles. The fourth-order valence-corrected chi connectivity index (χ4v) is 6.97. The Morgan fingerprint density at radius 3 is 2.20 bits per heavy atom. The van der Waals surface area contributed by atoms with E-state index >= 15 is 0 Å². The van der Waals surface area contributed by atoms with Crippen LogP contribution in [-0.2, 0) is 32.6 Å². The molecule has 0 aliphatic carbocycles. The molecular weight excluding hydrogens is 690 g/mol. The van der Waals surface area contributed by atoms with Crippen LogP contribution in [0.25, 0.3) is 0 Å². The summed E-state index contributed by atoms with van der Waals surface area (Å²) in [7, 11) is -2.89. The second-order valence-electron chi connectivity index (χ2n) is 10.8. The molecule has 0 radical (unpaired) electrons. The SMILES string of the molecule is CC[C@@H](C)NC(=O)[C@@H](Cc1ccccc1)N(Cc1cccc(Br)c1)C(=O)CN(c1cc(Cl)ccc1OC)S(=O)(=O)c1ccccc1. The molecule has 4 aromatic carbocycles. The normalized spacial score (nSPS) is 12.5. The lowest BCUT2D eigenvalue weighted by Crippen LogP contribution is -2.54. The van der Waals surface area contributed by atoms with Gasteiger partial charge in [-0.3, -0.25) is 13.9 Å². The summed E-state index contributed by atoms with van der Waals surface area (Å²) in [6.07, 6.45) is 0.913. The molecule has 4 rings (SSSR count). The minimum absolute atomic E-state index is 0.0151. The number of sulfonamides is 1. The van der Waals surface area contributed by atoms with E-state index < -0.39 is 28.5 Å². The Hall–Kier alpha value is -3.86. The molecule has 11 heteroatoms. The number of halogens is 2. The maximum Gasteiger partial charge on any atom is 0.264 e. The minimum atomic E-state index is -4.30. The molecule has 0 spiro atoms. The van der Waals surface area contributed by atoms with E-state index in [2.05, 4.69) is 21.2 Å². The van der Waals surface area contributed by atoms with Gasteiger partial charge in [0.1, 0.15) is 18.3 Å². The van der Waals surface area contributed by atoms with Crippen molar-refractivity contribution in [2.24, 2.45) is 0 Å². The van der Waals surface area contributed by atoms with E-state index in [1.807, 2.05) is 68.4 Å². The fourth-order valence-electron chi connectivity index (χ4n) is 4.92. The monoisotopic (exact) mass is 725 g/mol. The molecule has 0 unspecified atom stereocenters. The number of hydrogen-bond acceptors (Lipinski definition) is 5. The summed E-state index contributed by atoms with van der Waals surface area (Å²) in [4.78, 5) is 30.0. The topological polar surface area (TPSA) is 96.0 Å². The summed E-state index contributed by atoms with van der Waals surface area (Å²) in [5.74, 6) is -0.702. The molecule has 4 aromatic rings. The summed E-state index contributed by atoms with van der Waals surface area (Å²) in [5.41, 5.74) is 1.71. The smallest absolute Gasteiger partial charge is 0.264 e.